The minimum Gasteiger partial charge on any atom is -0.211 e. The zero-order valence-corrected chi connectivity index (χ0v) is 6.12. The van der Waals surface area contributed by atoms with E-state index in [9.17, 15) is 17.6 Å². The Kier molecular flexibility index (Phi) is 4.45. The summed E-state index contributed by atoms with van der Waals surface area (Å²) in [7, 11) is 0. The maximum absolute atomic E-state index is 12.4. The maximum atomic E-state index is 12.4. The number of halogens is 4. The van der Waals surface area contributed by atoms with Crippen LogP contribution in [0.25, 0.3) is 0 Å². The molecule has 0 N–H and O–H groups in total. The summed E-state index contributed by atoms with van der Waals surface area (Å²) < 4.78 is 47.7. The zero-order valence-electron chi connectivity index (χ0n) is 6.12. The van der Waals surface area contributed by atoms with E-state index in [-0.39, 0.29) is 6.42 Å². The van der Waals surface area contributed by atoms with Crippen LogP contribution in [0.3, 0.4) is 0 Å². The Morgan fingerprint density at radius 3 is 2.09 bits per heavy atom. The minimum atomic E-state index is -2.96. The highest BCUT2D eigenvalue weighted by Crippen LogP contribution is 2.27. The molecule has 0 aromatic rings. The molecule has 0 nitrogen and oxygen atoms in total. The summed E-state index contributed by atoms with van der Waals surface area (Å²) in [5.74, 6) is -2.96. The minimum absolute atomic E-state index is 0.0796. The van der Waals surface area contributed by atoms with Crippen LogP contribution >= 0.6 is 0 Å². The fraction of sp³-hybridized carbons (Fsp3) is 0.857. The third-order valence-electron chi connectivity index (χ3n) is 1.27. The quantitative estimate of drug-likeness (QED) is 0.557. The second-order valence-electron chi connectivity index (χ2n) is 2.39. The maximum Gasteiger partial charge on any atom is 0.248 e. The van der Waals surface area contributed by atoms with E-state index in [0.717, 1.165) is 0 Å². The van der Waals surface area contributed by atoms with Gasteiger partial charge in [-0.3, -0.25) is 0 Å². The van der Waals surface area contributed by atoms with E-state index in [1.54, 1.807) is 0 Å². The lowest BCUT2D eigenvalue weighted by Crippen LogP contribution is -2.16. The fourth-order valence-corrected chi connectivity index (χ4v) is 0.704. The summed E-state index contributed by atoms with van der Waals surface area (Å²) in [6, 6.07) is 0. The second kappa shape index (κ2) is 4.57. The van der Waals surface area contributed by atoms with Crippen molar-refractivity contribution in [3.05, 3.63) is 6.92 Å². The van der Waals surface area contributed by atoms with E-state index >= 15 is 0 Å². The van der Waals surface area contributed by atoms with Crippen LogP contribution < -0.4 is 0 Å². The number of alkyl halides is 4. The van der Waals surface area contributed by atoms with Gasteiger partial charge in [-0.15, -0.1) is 0 Å². The normalized spacial score (nSPS) is 12.5. The lowest BCUT2D eigenvalue weighted by Gasteiger charge is -2.14. The van der Waals surface area contributed by atoms with Gasteiger partial charge in [0.2, 0.25) is 12.3 Å². The van der Waals surface area contributed by atoms with Crippen molar-refractivity contribution in [2.75, 3.05) is 0 Å². The largest absolute Gasteiger partial charge is 0.248 e. The molecule has 0 bridgehead atoms. The van der Waals surface area contributed by atoms with Crippen molar-refractivity contribution in [2.45, 2.75) is 38.0 Å². The van der Waals surface area contributed by atoms with Crippen LogP contribution in [0.4, 0.5) is 17.6 Å². The highest BCUT2D eigenvalue weighted by atomic mass is 19.3. The van der Waals surface area contributed by atoms with E-state index in [0.29, 0.717) is 0 Å². The van der Waals surface area contributed by atoms with Gasteiger partial charge in [0.05, 0.1) is 0 Å². The first-order valence-corrected chi connectivity index (χ1v) is 3.43. The van der Waals surface area contributed by atoms with Crippen molar-refractivity contribution >= 4 is 0 Å². The molecule has 0 aliphatic carbocycles. The molecule has 0 amide bonds. The molecule has 0 atom stereocenters. The molecule has 0 aliphatic rings. The predicted octanol–water partition coefficient (Wildman–Crippen LogP) is 3.28. The van der Waals surface area contributed by atoms with Gasteiger partial charge in [-0.05, 0) is 6.42 Å². The van der Waals surface area contributed by atoms with Gasteiger partial charge in [0.25, 0.3) is 0 Å². The van der Waals surface area contributed by atoms with Gasteiger partial charge in [-0.25, -0.2) is 17.6 Å². The lowest BCUT2D eigenvalue weighted by molar-refractivity contribution is -0.0309. The molecule has 0 aromatic carbocycles. The Morgan fingerprint density at radius 2 is 1.73 bits per heavy atom. The van der Waals surface area contributed by atoms with E-state index in [2.05, 4.69) is 6.92 Å². The molecule has 0 aliphatic heterocycles. The van der Waals surface area contributed by atoms with Crippen LogP contribution in [0.1, 0.15) is 25.7 Å². The van der Waals surface area contributed by atoms with Gasteiger partial charge in [0.15, 0.2) is 0 Å². The van der Waals surface area contributed by atoms with Crippen molar-refractivity contribution in [2.24, 2.45) is 0 Å². The van der Waals surface area contributed by atoms with E-state index in [4.69, 9.17) is 0 Å². The predicted molar refractivity (Wildman–Crippen MR) is 34.8 cm³/mol. The molecule has 0 fully saturated rings. The van der Waals surface area contributed by atoms with Crippen molar-refractivity contribution in [3.63, 3.8) is 0 Å². The van der Waals surface area contributed by atoms with Crippen LogP contribution in [0.5, 0.6) is 0 Å². The van der Waals surface area contributed by atoms with Gasteiger partial charge in [-0.2, -0.15) is 0 Å². The topological polar surface area (TPSA) is 0 Å². The molecule has 4 heteroatoms. The lowest BCUT2D eigenvalue weighted by atomic mass is 10.1. The van der Waals surface area contributed by atoms with E-state index in [1.165, 1.54) is 0 Å². The van der Waals surface area contributed by atoms with Crippen molar-refractivity contribution < 1.29 is 17.6 Å². The summed E-state index contributed by atoms with van der Waals surface area (Å²) in [5.41, 5.74) is 0. The average molecular weight is 171 g/mol. The molecule has 0 unspecified atom stereocenters. The van der Waals surface area contributed by atoms with E-state index < -0.39 is 31.6 Å². The summed E-state index contributed by atoms with van der Waals surface area (Å²) in [6.45, 7) is 3.23. The molecule has 1 radical (unpaired) electrons. The summed E-state index contributed by atoms with van der Waals surface area (Å²) in [5, 5.41) is 0. The number of rotatable bonds is 5. The van der Waals surface area contributed by atoms with Gasteiger partial charge in [0, 0.05) is 19.3 Å². The first kappa shape index (κ1) is 10.7. The van der Waals surface area contributed by atoms with Crippen LogP contribution in [0.2, 0.25) is 0 Å². The molecule has 0 aromatic heterocycles. The summed E-state index contributed by atoms with van der Waals surface area (Å²) >= 11 is 0. The molecule has 67 valence electrons. The molecular weight excluding hydrogens is 160 g/mol. The van der Waals surface area contributed by atoms with Crippen LogP contribution in [0.15, 0.2) is 0 Å². The Labute approximate surface area is 63.6 Å². The Hall–Kier alpha value is -0.280. The van der Waals surface area contributed by atoms with Crippen LogP contribution in [-0.2, 0) is 0 Å². The molecule has 0 spiro atoms. The molecule has 0 rings (SSSR count). The van der Waals surface area contributed by atoms with Gasteiger partial charge < -0.3 is 0 Å². The summed E-state index contributed by atoms with van der Waals surface area (Å²) in [4.78, 5) is 0. The Morgan fingerprint density at radius 1 is 1.18 bits per heavy atom. The van der Waals surface area contributed by atoms with Crippen molar-refractivity contribution in [1.29, 1.82) is 0 Å². The fourth-order valence-electron chi connectivity index (χ4n) is 0.704. The second-order valence-corrected chi connectivity index (χ2v) is 2.39. The summed E-state index contributed by atoms with van der Waals surface area (Å²) in [6.07, 6.45) is -4.42. The average Bonchev–Trinajstić information content (AvgIpc) is 1.84. The van der Waals surface area contributed by atoms with Crippen molar-refractivity contribution in [1.82, 2.24) is 0 Å². The molecular formula is C7H11F4. The van der Waals surface area contributed by atoms with Crippen molar-refractivity contribution in [3.8, 4) is 0 Å². The van der Waals surface area contributed by atoms with Gasteiger partial charge in [-0.1, -0.05) is 6.92 Å². The standard InChI is InChI=1S/C7H11F4/c1-2-4-7(10,11)5-3-6(8)9/h6H,1-5H2. The highest BCUT2D eigenvalue weighted by molar-refractivity contribution is 4.67. The molecule has 0 saturated carbocycles. The van der Waals surface area contributed by atoms with Crippen LogP contribution in [0, 0.1) is 6.92 Å². The SMILES string of the molecule is [CH2]CCC(F)(F)CCC(F)F. The monoisotopic (exact) mass is 171 g/mol. The molecule has 0 saturated heterocycles. The third kappa shape index (κ3) is 6.13. The molecule has 11 heavy (non-hydrogen) atoms. The molecule has 0 heterocycles. The first-order valence-electron chi connectivity index (χ1n) is 3.43. The Bertz CT molecular complexity index is 101. The number of hydrogen-bond donors (Lipinski definition) is 0. The smallest absolute Gasteiger partial charge is 0.211 e. The highest BCUT2D eigenvalue weighted by Gasteiger charge is 2.28. The van der Waals surface area contributed by atoms with Crippen LogP contribution in [-0.4, -0.2) is 12.3 Å². The van der Waals surface area contributed by atoms with E-state index in [1.807, 2.05) is 0 Å². The first-order chi connectivity index (χ1) is 4.98. The number of hydrogen-bond acceptors (Lipinski definition) is 0. The van der Waals surface area contributed by atoms with Gasteiger partial charge >= 0.3 is 0 Å². The zero-order chi connectivity index (χ0) is 8.91. The van der Waals surface area contributed by atoms with Gasteiger partial charge in [0.1, 0.15) is 0 Å². The third-order valence-corrected chi connectivity index (χ3v) is 1.27. The Balaban J connectivity index is 3.54.